The Balaban J connectivity index is 2.27. The molecule has 21 heteroatoms. The number of anilines is 1. The van der Waals surface area contributed by atoms with Gasteiger partial charge in [-0.1, -0.05) is 5.92 Å². The standard InChI is InChI=1S/C11H15FN3O13P3S/c1-2-10(17)7(16)11(12,26-8(10)15-4-3-6(13)14-9(15)32)5-25-30(21,22)28-31(23,24)27-29(18,19)20/h1,3-4,7-8,16-17H,5H2,(H,21,22)(H,23,24)(H2,13,14,32)(H2,18,19,20)/t7?,8-,10-,11-/m1/s1. The maximum atomic E-state index is 15.2. The summed E-state index contributed by atoms with van der Waals surface area (Å²) < 4.78 is 65.3. The van der Waals surface area contributed by atoms with Gasteiger partial charge in [-0.05, 0) is 18.3 Å². The molecule has 0 amide bonds. The first-order valence-electron chi connectivity index (χ1n) is 7.72. The molecule has 1 aliphatic heterocycles. The van der Waals surface area contributed by atoms with Crippen LogP contribution in [-0.4, -0.2) is 63.5 Å². The van der Waals surface area contributed by atoms with E-state index in [1.165, 1.54) is 0 Å². The molecule has 0 saturated carbocycles. The number of aromatic nitrogens is 2. The first-order valence-corrected chi connectivity index (χ1v) is 12.6. The van der Waals surface area contributed by atoms with E-state index < -0.39 is 53.9 Å². The molecule has 0 radical (unpaired) electrons. The number of aliphatic hydroxyl groups is 2. The Morgan fingerprint density at radius 2 is 1.91 bits per heavy atom. The van der Waals surface area contributed by atoms with E-state index in [1.807, 2.05) is 0 Å². The SMILES string of the molecule is C#C[C@@]1(O)C(O)[C@@](F)(COP(=O)(O)OP(=O)(O)OP(=O)(O)O)O[C@H]1n1ccc(N)nc1=S. The van der Waals surface area contributed by atoms with Crippen LogP contribution in [0.5, 0.6) is 0 Å². The third-order valence-electron chi connectivity index (χ3n) is 3.69. The van der Waals surface area contributed by atoms with Gasteiger partial charge in [0.2, 0.25) is 10.4 Å². The minimum absolute atomic E-state index is 0.0618. The molecule has 1 fully saturated rings. The number of hydrogen-bond donors (Lipinski definition) is 7. The van der Waals surface area contributed by atoms with Crippen LogP contribution < -0.4 is 5.73 Å². The van der Waals surface area contributed by atoms with Crippen LogP contribution in [0.1, 0.15) is 6.23 Å². The normalized spacial score (nSPS) is 32.1. The number of rotatable bonds is 8. The molecule has 0 bridgehead atoms. The summed E-state index contributed by atoms with van der Waals surface area (Å²) in [4.78, 5) is 39.1. The van der Waals surface area contributed by atoms with Gasteiger partial charge in [0.25, 0.3) is 5.85 Å². The van der Waals surface area contributed by atoms with Crippen molar-refractivity contribution in [1.82, 2.24) is 9.55 Å². The van der Waals surface area contributed by atoms with Crippen LogP contribution in [0.2, 0.25) is 0 Å². The zero-order valence-electron chi connectivity index (χ0n) is 15.2. The Labute approximate surface area is 182 Å². The highest BCUT2D eigenvalue weighted by Gasteiger charge is 2.65. The number of nitrogens with two attached hydrogens (primary N) is 1. The van der Waals surface area contributed by atoms with Crippen molar-refractivity contribution < 1.29 is 65.8 Å². The molecule has 2 heterocycles. The van der Waals surface area contributed by atoms with Crippen molar-refractivity contribution in [2.75, 3.05) is 12.3 Å². The number of aliphatic hydroxyl groups excluding tert-OH is 1. The lowest BCUT2D eigenvalue weighted by Crippen LogP contribution is -2.50. The summed E-state index contributed by atoms with van der Waals surface area (Å²) in [5.74, 6) is -1.91. The van der Waals surface area contributed by atoms with E-state index >= 15 is 4.39 Å². The molecule has 1 saturated heterocycles. The molecular weight excluding hydrogens is 526 g/mol. The first kappa shape index (κ1) is 27.1. The second-order valence-corrected chi connectivity index (χ2v) is 10.8. The second kappa shape index (κ2) is 8.91. The van der Waals surface area contributed by atoms with Gasteiger partial charge in [-0.2, -0.15) is 8.62 Å². The maximum Gasteiger partial charge on any atom is 0.490 e. The van der Waals surface area contributed by atoms with Crippen molar-refractivity contribution in [3.8, 4) is 12.3 Å². The Morgan fingerprint density at radius 3 is 2.41 bits per heavy atom. The highest BCUT2D eigenvalue weighted by molar-refractivity contribution is 7.71. The summed E-state index contributed by atoms with van der Waals surface area (Å²) >= 11 is 4.90. The molecule has 180 valence electrons. The Hall–Kier alpha value is -1.12. The number of phosphoric acid groups is 3. The molecule has 2 rings (SSSR count). The smallest absolute Gasteiger partial charge is 0.384 e. The van der Waals surface area contributed by atoms with Crippen LogP contribution >= 0.6 is 35.7 Å². The minimum atomic E-state index is -5.88. The topological polar surface area (TPSA) is 253 Å². The van der Waals surface area contributed by atoms with Gasteiger partial charge >= 0.3 is 23.5 Å². The number of nitrogens with zero attached hydrogens (tertiary/aromatic N) is 2. The lowest BCUT2D eigenvalue weighted by molar-refractivity contribution is -0.204. The van der Waals surface area contributed by atoms with Crippen LogP contribution in [-0.2, 0) is 31.6 Å². The zero-order valence-corrected chi connectivity index (χ0v) is 18.7. The molecule has 8 N–H and O–H groups in total. The number of nitrogen functional groups attached to an aromatic ring is 1. The van der Waals surface area contributed by atoms with E-state index in [1.54, 1.807) is 5.92 Å². The number of ether oxygens (including phenoxy) is 1. The molecule has 0 aromatic carbocycles. The Bertz CT molecular complexity index is 1140. The lowest BCUT2D eigenvalue weighted by Gasteiger charge is -2.27. The van der Waals surface area contributed by atoms with E-state index in [9.17, 15) is 28.8 Å². The third-order valence-corrected chi connectivity index (χ3v) is 7.77. The maximum absolute atomic E-state index is 15.2. The van der Waals surface area contributed by atoms with Crippen molar-refractivity contribution in [2.24, 2.45) is 0 Å². The Kier molecular flexibility index (Phi) is 7.56. The fraction of sp³-hybridized carbons (Fsp3) is 0.455. The van der Waals surface area contributed by atoms with Gasteiger partial charge in [-0.3, -0.25) is 9.09 Å². The summed E-state index contributed by atoms with van der Waals surface area (Å²) in [6.07, 6.45) is 1.65. The van der Waals surface area contributed by atoms with E-state index in [-0.39, 0.29) is 10.6 Å². The number of hydrogen-bond acceptors (Lipinski definition) is 12. The van der Waals surface area contributed by atoms with Crippen LogP contribution in [0.25, 0.3) is 0 Å². The summed E-state index contributed by atoms with van der Waals surface area (Å²) in [6.45, 7) is -1.76. The van der Waals surface area contributed by atoms with Crippen molar-refractivity contribution in [1.29, 1.82) is 0 Å². The average Bonchev–Trinajstić information content (AvgIpc) is 2.80. The molecule has 3 unspecified atom stereocenters. The first-order chi connectivity index (χ1) is 14.3. The second-order valence-electron chi connectivity index (χ2n) is 6.04. The third kappa shape index (κ3) is 6.06. The summed E-state index contributed by atoms with van der Waals surface area (Å²) in [5, 5.41) is 20.8. The quantitative estimate of drug-likeness (QED) is 0.124. The van der Waals surface area contributed by atoms with Crippen LogP contribution in [0.4, 0.5) is 10.2 Å². The minimum Gasteiger partial charge on any atom is -0.384 e. The fourth-order valence-electron chi connectivity index (χ4n) is 2.41. The lowest BCUT2D eigenvalue weighted by atomic mass is 9.94. The van der Waals surface area contributed by atoms with E-state index in [0.29, 0.717) is 0 Å². The molecule has 1 aliphatic rings. The van der Waals surface area contributed by atoms with Crippen molar-refractivity contribution in [3.63, 3.8) is 0 Å². The van der Waals surface area contributed by atoms with Crippen LogP contribution in [0.15, 0.2) is 12.3 Å². The highest BCUT2D eigenvalue weighted by atomic mass is 32.1. The zero-order chi connectivity index (χ0) is 24.8. The van der Waals surface area contributed by atoms with Gasteiger partial charge in [0.05, 0.1) is 0 Å². The van der Waals surface area contributed by atoms with Gasteiger partial charge in [0.1, 0.15) is 12.4 Å². The number of phosphoric ester groups is 1. The van der Waals surface area contributed by atoms with Crippen molar-refractivity contribution >= 4 is 41.5 Å². The molecule has 16 nitrogen and oxygen atoms in total. The van der Waals surface area contributed by atoms with Gasteiger partial charge in [-0.15, -0.1) is 6.42 Å². The van der Waals surface area contributed by atoms with Gasteiger partial charge in [-0.25, -0.2) is 23.1 Å². The van der Waals surface area contributed by atoms with E-state index in [4.69, 9.17) is 43.8 Å². The van der Waals surface area contributed by atoms with Gasteiger partial charge in [0, 0.05) is 6.20 Å². The van der Waals surface area contributed by atoms with Gasteiger partial charge in [0.15, 0.2) is 12.3 Å². The monoisotopic (exact) mass is 541 g/mol. The molecule has 32 heavy (non-hydrogen) atoms. The molecule has 0 spiro atoms. The predicted octanol–water partition coefficient (Wildman–Crippen LogP) is -0.542. The molecule has 0 aliphatic carbocycles. The molecular formula is C11H15FN3O13P3S. The number of alkyl halides is 1. The summed E-state index contributed by atoms with van der Waals surface area (Å²) in [7, 11) is -17.3. The largest absolute Gasteiger partial charge is 0.490 e. The molecule has 1 aromatic heterocycles. The summed E-state index contributed by atoms with van der Waals surface area (Å²) in [6, 6.07) is 1.16. The summed E-state index contributed by atoms with van der Waals surface area (Å²) in [5.41, 5.74) is 2.59. The van der Waals surface area contributed by atoms with Crippen LogP contribution in [0, 0.1) is 17.1 Å². The van der Waals surface area contributed by atoms with Crippen molar-refractivity contribution in [3.05, 3.63) is 17.0 Å². The number of halogens is 1. The fourth-order valence-corrected chi connectivity index (χ4v) is 5.71. The molecule has 6 atom stereocenters. The van der Waals surface area contributed by atoms with E-state index in [2.05, 4.69) is 18.1 Å². The predicted molar refractivity (Wildman–Crippen MR) is 101 cm³/mol. The van der Waals surface area contributed by atoms with Crippen LogP contribution in [0.3, 0.4) is 0 Å². The Morgan fingerprint density at radius 1 is 1.31 bits per heavy atom. The highest BCUT2D eigenvalue weighted by Crippen LogP contribution is 2.66. The van der Waals surface area contributed by atoms with E-state index in [0.717, 1.165) is 16.8 Å². The number of terminal acetylenes is 1. The average molecular weight is 541 g/mol. The van der Waals surface area contributed by atoms with Gasteiger partial charge < -0.3 is 40.3 Å². The molecule has 1 aromatic rings. The van der Waals surface area contributed by atoms with Crippen molar-refractivity contribution in [2.45, 2.75) is 23.8 Å².